The van der Waals surface area contributed by atoms with Gasteiger partial charge in [-0.05, 0) is 46.1 Å². The van der Waals surface area contributed by atoms with Gasteiger partial charge in [-0.25, -0.2) is 4.39 Å². The fraction of sp³-hybridized carbons (Fsp3) is 0.500. The van der Waals surface area contributed by atoms with Crippen LogP contribution in [0.25, 0.3) is 0 Å². The van der Waals surface area contributed by atoms with Crippen LogP contribution in [-0.2, 0) is 0 Å². The molecule has 0 aliphatic rings. The van der Waals surface area contributed by atoms with Crippen molar-refractivity contribution in [2.24, 2.45) is 0 Å². The third kappa shape index (κ3) is 4.21. The Morgan fingerprint density at radius 2 is 1.89 bits per heavy atom. The maximum atomic E-state index is 13.6. The third-order valence-electron chi connectivity index (χ3n) is 3.08. The quantitative estimate of drug-likeness (QED) is 0.827. The number of hydrogen-bond acceptors (Lipinski definition) is 3. The van der Waals surface area contributed by atoms with Crippen molar-refractivity contribution in [2.45, 2.75) is 13.3 Å². The van der Waals surface area contributed by atoms with Crippen molar-refractivity contribution in [3.8, 4) is 0 Å². The molecule has 1 aromatic carbocycles. The normalized spacial score (nSPS) is 10.8. The van der Waals surface area contributed by atoms with Crippen molar-refractivity contribution in [3.05, 3.63) is 29.1 Å². The van der Waals surface area contributed by atoms with Gasteiger partial charge < -0.3 is 15.5 Å². The van der Waals surface area contributed by atoms with Crippen LogP contribution in [0.15, 0.2) is 12.1 Å². The molecule has 0 saturated heterocycles. The molecule has 0 fully saturated rings. The maximum absolute atomic E-state index is 13.6. The van der Waals surface area contributed by atoms with Crippen molar-refractivity contribution < 1.29 is 9.18 Å². The predicted octanol–water partition coefficient (Wildman–Crippen LogP) is 1.74. The van der Waals surface area contributed by atoms with E-state index in [-0.39, 0.29) is 5.91 Å². The molecule has 0 saturated carbocycles. The number of carbonyl (C=O) groups is 1. The molecular weight excluding hydrogens is 245 g/mol. The molecule has 0 unspecified atom stereocenters. The Hall–Kier alpha value is -1.62. The number of amides is 1. The van der Waals surface area contributed by atoms with Gasteiger partial charge in [-0.1, -0.05) is 0 Å². The minimum Gasteiger partial charge on any atom is -0.398 e. The molecule has 0 aliphatic heterocycles. The van der Waals surface area contributed by atoms with E-state index in [1.54, 1.807) is 18.9 Å². The summed E-state index contributed by atoms with van der Waals surface area (Å²) in [6, 6.07) is 2.78. The molecule has 0 spiro atoms. The molecule has 0 aromatic heterocycles. The summed E-state index contributed by atoms with van der Waals surface area (Å²) in [4.78, 5) is 15.8. The molecule has 0 heterocycles. The van der Waals surface area contributed by atoms with Gasteiger partial charge in [-0.2, -0.15) is 0 Å². The van der Waals surface area contributed by atoms with E-state index in [1.807, 2.05) is 14.1 Å². The van der Waals surface area contributed by atoms with Crippen LogP contribution in [0.1, 0.15) is 22.3 Å². The van der Waals surface area contributed by atoms with Crippen LogP contribution in [0.4, 0.5) is 10.1 Å². The molecule has 0 bridgehead atoms. The second kappa shape index (κ2) is 6.52. The lowest BCUT2D eigenvalue weighted by atomic mass is 10.1. The second-order valence-corrected chi connectivity index (χ2v) is 5.06. The molecule has 0 radical (unpaired) electrons. The first-order valence-electron chi connectivity index (χ1n) is 6.28. The molecule has 106 valence electrons. The van der Waals surface area contributed by atoms with Crippen LogP contribution in [0.2, 0.25) is 0 Å². The standard InChI is InChI=1S/C14H22FN3O/c1-10-12(15)8-11(9-13(10)16)14(19)18(4)7-5-6-17(2)3/h8-9H,5-7,16H2,1-4H3. The number of benzene rings is 1. The number of nitrogens with two attached hydrogens (primary N) is 1. The second-order valence-electron chi connectivity index (χ2n) is 5.06. The topological polar surface area (TPSA) is 49.6 Å². The van der Waals surface area contributed by atoms with Gasteiger partial charge >= 0.3 is 0 Å². The Labute approximate surface area is 114 Å². The van der Waals surface area contributed by atoms with Crippen LogP contribution in [-0.4, -0.2) is 49.9 Å². The first-order chi connectivity index (χ1) is 8.82. The van der Waals surface area contributed by atoms with E-state index in [9.17, 15) is 9.18 Å². The Kier molecular flexibility index (Phi) is 5.30. The van der Waals surface area contributed by atoms with Gasteiger partial charge in [-0.15, -0.1) is 0 Å². The van der Waals surface area contributed by atoms with Crippen molar-refractivity contribution in [3.63, 3.8) is 0 Å². The number of halogens is 1. The zero-order chi connectivity index (χ0) is 14.6. The fourth-order valence-corrected chi connectivity index (χ4v) is 1.77. The summed E-state index contributed by atoms with van der Waals surface area (Å²) >= 11 is 0. The van der Waals surface area contributed by atoms with Crippen LogP contribution in [0.3, 0.4) is 0 Å². The lowest BCUT2D eigenvalue weighted by Gasteiger charge is -2.19. The monoisotopic (exact) mass is 267 g/mol. The zero-order valence-corrected chi connectivity index (χ0v) is 12.0. The highest BCUT2D eigenvalue weighted by molar-refractivity contribution is 5.95. The van der Waals surface area contributed by atoms with Crippen molar-refractivity contribution in [1.29, 1.82) is 0 Å². The molecule has 1 rings (SSSR count). The smallest absolute Gasteiger partial charge is 0.253 e. The molecular formula is C14H22FN3O. The number of hydrogen-bond donors (Lipinski definition) is 1. The maximum Gasteiger partial charge on any atom is 0.253 e. The Morgan fingerprint density at radius 1 is 1.26 bits per heavy atom. The minimum atomic E-state index is -0.440. The largest absolute Gasteiger partial charge is 0.398 e. The van der Waals surface area contributed by atoms with E-state index in [4.69, 9.17) is 5.73 Å². The fourth-order valence-electron chi connectivity index (χ4n) is 1.77. The third-order valence-corrected chi connectivity index (χ3v) is 3.08. The SMILES string of the molecule is Cc1c(N)cc(C(=O)N(C)CCCN(C)C)cc1F. The van der Waals surface area contributed by atoms with Crippen molar-refractivity contribution >= 4 is 11.6 Å². The first kappa shape index (κ1) is 15.4. The lowest BCUT2D eigenvalue weighted by molar-refractivity contribution is 0.0790. The van der Waals surface area contributed by atoms with Gasteiger partial charge in [-0.3, -0.25) is 4.79 Å². The highest BCUT2D eigenvalue weighted by atomic mass is 19.1. The van der Waals surface area contributed by atoms with Gasteiger partial charge in [0.05, 0.1) is 0 Å². The molecule has 5 heteroatoms. The highest BCUT2D eigenvalue weighted by Gasteiger charge is 2.14. The number of carbonyl (C=O) groups excluding carboxylic acids is 1. The van der Waals surface area contributed by atoms with E-state index in [2.05, 4.69) is 4.90 Å². The number of rotatable bonds is 5. The van der Waals surface area contributed by atoms with Gasteiger partial charge in [0, 0.05) is 30.4 Å². The van der Waals surface area contributed by atoms with Crippen molar-refractivity contribution in [1.82, 2.24) is 9.80 Å². The van der Waals surface area contributed by atoms with E-state index >= 15 is 0 Å². The Morgan fingerprint density at radius 3 is 2.42 bits per heavy atom. The first-order valence-corrected chi connectivity index (χ1v) is 6.28. The minimum absolute atomic E-state index is 0.204. The summed E-state index contributed by atoms with van der Waals surface area (Å²) in [5, 5.41) is 0. The van der Waals surface area contributed by atoms with E-state index < -0.39 is 5.82 Å². The number of anilines is 1. The number of nitrogen functional groups attached to an aromatic ring is 1. The summed E-state index contributed by atoms with van der Waals surface area (Å²) in [5.74, 6) is -0.644. The summed E-state index contributed by atoms with van der Waals surface area (Å²) in [5.41, 5.74) is 6.67. The average molecular weight is 267 g/mol. The van der Waals surface area contributed by atoms with Crippen LogP contribution in [0, 0.1) is 12.7 Å². The Balaban J connectivity index is 2.72. The van der Waals surface area contributed by atoms with E-state index in [0.29, 0.717) is 23.4 Å². The summed E-state index contributed by atoms with van der Waals surface area (Å²) in [6.07, 6.45) is 0.874. The predicted molar refractivity (Wildman–Crippen MR) is 75.7 cm³/mol. The summed E-state index contributed by atoms with van der Waals surface area (Å²) in [7, 11) is 5.68. The average Bonchev–Trinajstić information content (AvgIpc) is 2.33. The van der Waals surface area contributed by atoms with Gasteiger partial charge in [0.25, 0.3) is 5.91 Å². The van der Waals surface area contributed by atoms with Gasteiger partial charge in [0.2, 0.25) is 0 Å². The van der Waals surface area contributed by atoms with Crippen LogP contribution in [0.5, 0.6) is 0 Å². The molecule has 0 aliphatic carbocycles. The molecule has 2 N–H and O–H groups in total. The van der Waals surface area contributed by atoms with Crippen LogP contribution >= 0.6 is 0 Å². The molecule has 4 nitrogen and oxygen atoms in total. The molecule has 19 heavy (non-hydrogen) atoms. The summed E-state index contributed by atoms with van der Waals surface area (Å²) < 4.78 is 13.6. The van der Waals surface area contributed by atoms with Crippen molar-refractivity contribution in [2.75, 3.05) is 40.0 Å². The van der Waals surface area contributed by atoms with Gasteiger partial charge in [0.1, 0.15) is 5.82 Å². The zero-order valence-electron chi connectivity index (χ0n) is 12.0. The van der Waals surface area contributed by atoms with E-state index in [1.165, 1.54) is 12.1 Å². The molecule has 0 atom stereocenters. The highest BCUT2D eigenvalue weighted by Crippen LogP contribution is 2.18. The Bertz CT molecular complexity index is 437. The summed E-state index contributed by atoms with van der Waals surface area (Å²) in [6.45, 7) is 3.13. The van der Waals surface area contributed by atoms with E-state index in [0.717, 1.165) is 13.0 Å². The molecule has 1 amide bonds. The molecule has 1 aromatic rings. The lowest BCUT2D eigenvalue weighted by Crippen LogP contribution is -2.30. The van der Waals surface area contributed by atoms with Gasteiger partial charge in [0.15, 0.2) is 0 Å². The van der Waals surface area contributed by atoms with Crippen LogP contribution < -0.4 is 5.73 Å². The number of nitrogens with zero attached hydrogens (tertiary/aromatic N) is 2.